The van der Waals surface area contributed by atoms with E-state index in [9.17, 15) is 4.79 Å². The minimum absolute atomic E-state index is 0.00644. The smallest absolute Gasteiger partial charge is 0.261 e. The Kier molecular flexibility index (Phi) is 7.04. The zero-order valence-corrected chi connectivity index (χ0v) is 14.1. The zero-order valence-electron chi connectivity index (χ0n) is 13.3. The molecule has 122 valence electrons. The van der Waals surface area contributed by atoms with Gasteiger partial charge in [0.1, 0.15) is 5.75 Å². The monoisotopic (exact) mass is 323 g/mol. The first-order valence-electron chi connectivity index (χ1n) is 8.41. The number of carbonyl (C=O) groups is 1. The van der Waals surface area contributed by atoms with Crippen molar-refractivity contribution in [1.82, 2.24) is 5.32 Å². The van der Waals surface area contributed by atoms with Crippen molar-refractivity contribution in [3.63, 3.8) is 0 Å². The maximum absolute atomic E-state index is 12.5. The van der Waals surface area contributed by atoms with Crippen molar-refractivity contribution in [3.8, 4) is 5.75 Å². The van der Waals surface area contributed by atoms with Gasteiger partial charge < -0.3 is 10.1 Å². The van der Waals surface area contributed by atoms with Crippen molar-refractivity contribution in [2.24, 2.45) is 0 Å². The van der Waals surface area contributed by atoms with E-state index in [1.807, 2.05) is 19.1 Å². The van der Waals surface area contributed by atoms with Crippen LogP contribution in [0.3, 0.4) is 0 Å². The third kappa shape index (κ3) is 5.53. The van der Waals surface area contributed by atoms with Gasteiger partial charge in [-0.15, -0.1) is 0 Å². The van der Waals surface area contributed by atoms with Crippen LogP contribution in [-0.4, -0.2) is 18.1 Å². The first-order valence-corrected chi connectivity index (χ1v) is 8.79. The molecule has 0 aromatic heterocycles. The molecule has 0 radical (unpaired) electrons. The molecule has 1 saturated carbocycles. The molecule has 0 unspecified atom stereocenters. The summed E-state index contributed by atoms with van der Waals surface area (Å²) in [6.07, 6.45) is 8.66. The largest absolute Gasteiger partial charge is 0.481 e. The highest BCUT2D eigenvalue weighted by Crippen LogP contribution is 2.20. The molecule has 22 heavy (non-hydrogen) atoms. The number of carbonyl (C=O) groups excluding carboxylic acids is 1. The summed E-state index contributed by atoms with van der Waals surface area (Å²) >= 11 is 5.96. The number of nitrogens with one attached hydrogen (secondary N) is 1. The predicted molar refractivity (Wildman–Crippen MR) is 90.4 cm³/mol. The molecule has 0 bridgehead atoms. The molecule has 1 aromatic carbocycles. The number of ether oxygens (including phenoxy) is 1. The lowest BCUT2D eigenvalue weighted by Gasteiger charge is -2.24. The van der Waals surface area contributed by atoms with Gasteiger partial charge in [-0.3, -0.25) is 4.79 Å². The minimum Gasteiger partial charge on any atom is -0.481 e. The van der Waals surface area contributed by atoms with Crippen LogP contribution in [-0.2, 0) is 4.79 Å². The molecule has 1 aliphatic carbocycles. The molecule has 1 aliphatic rings. The van der Waals surface area contributed by atoms with Crippen LogP contribution in [0.25, 0.3) is 0 Å². The first kappa shape index (κ1) is 17.1. The molecule has 2 rings (SSSR count). The van der Waals surface area contributed by atoms with Gasteiger partial charge in [0.25, 0.3) is 5.91 Å². The number of hydrogen-bond donors (Lipinski definition) is 1. The summed E-state index contributed by atoms with van der Waals surface area (Å²) in [5, 5.41) is 3.79. The summed E-state index contributed by atoms with van der Waals surface area (Å²) in [6, 6.07) is 7.50. The maximum Gasteiger partial charge on any atom is 0.261 e. The Morgan fingerprint density at radius 3 is 2.59 bits per heavy atom. The van der Waals surface area contributed by atoms with Crippen molar-refractivity contribution in [2.75, 3.05) is 0 Å². The second-order valence-electron chi connectivity index (χ2n) is 6.02. The third-order valence-corrected chi connectivity index (χ3v) is 4.42. The van der Waals surface area contributed by atoms with Crippen LogP contribution in [0.2, 0.25) is 5.02 Å². The lowest BCUT2D eigenvalue weighted by atomic mass is 9.96. The van der Waals surface area contributed by atoms with Crippen LogP contribution in [0.4, 0.5) is 0 Å². The first-order chi connectivity index (χ1) is 10.7. The Bertz CT molecular complexity index is 470. The second kappa shape index (κ2) is 9.04. The number of halogens is 1. The average Bonchev–Trinajstić information content (AvgIpc) is 2.47. The highest BCUT2D eigenvalue weighted by molar-refractivity contribution is 6.30. The molecule has 4 heteroatoms. The Balaban J connectivity index is 1.90. The van der Waals surface area contributed by atoms with Crippen LogP contribution in [0.1, 0.15) is 58.3 Å². The Morgan fingerprint density at radius 2 is 1.95 bits per heavy atom. The number of hydrogen-bond acceptors (Lipinski definition) is 2. The molecular weight excluding hydrogens is 298 g/mol. The molecule has 1 N–H and O–H groups in total. The van der Waals surface area contributed by atoms with E-state index in [4.69, 9.17) is 16.3 Å². The van der Waals surface area contributed by atoms with Crippen molar-refractivity contribution in [1.29, 1.82) is 0 Å². The Hall–Kier alpha value is -1.22. The van der Waals surface area contributed by atoms with Gasteiger partial charge in [0.05, 0.1) is 0 Å². The van der Waals surface area contributed by atoms with Gasteiger partial charge in [-0.05, 0) is 37.5 Å². The van der Waals surface area contributed by atoms with E-state index >= 15 is 0 Å². The van der Waals surface area contributed by atoms with E-state index in [-0.39, 0.29) is 5.91 Å². The second-order valence-corrected chi connectivity index (χ2v) is 6.46. The highest BCUT2D eigenvalue weighted by atomic mass is 35.5. The maximum atomic E-state index is 12.5. The quantitative estimate of drug-likeness (QED) is 0.851. The molecule has 1 aromatic rings. The molecule has 1 amide bonds. The number of benzene rings is 1. The van der Waals surface area contributed by atoms with E-state index in [1.54, 1.807) is 12.1 Å². The summed E-state index contributed by atoms with van der Waals surface area (Å²) < 4.78 is 5.81. The minimum atomic E-state index is -0.455. The zero-order chi connectivity index (χ0) is 15.8. The molecule has 0 spiro atoms. The van der Waals surface area contributed by atoms with Gasteiger partial charge in [0.15, 0.2) is 6.10 Å². The Morgan fingerprint density at radius 1 is 1.27 bits per heavy atom. The summed E-state index contributed by atoms with van der Waals surface area (Å²) in [6.45, 7) is 1.97. The molecule has 0 heterocycles. The lowest BCUT2D eigenvalue weighted by Crippen LogP contribution is -2.43. The predicted octanol–water partition coefficient (Wildman–Crippen LogP) is 4.73. The van der Waals surface area contributed by atoms with E-state index in [1.165, 1.54) is 32.1 Å². The number of rotatable bonds is 5. The van der Waals surface area contributed by atoms with Gasteiger partial charge >= 0.3 is 0 Å². The van der Waals surface area contributed by atoms with Gasteiger partial charge in [-0.1, -0.05) is 56.7 Å². The summed E-state index contributed by atoms with van der Waals surface area (Å²) in [5.74, 6) is 0.639. The van der Waals surface area contributed by atoms with Crippen molar-refractivity contribution < 1.29 is 9.53 Å². The Labute approximate surface area is 138 Å². The van der Waals surface area contributed by atoms with E-state index in [0.29, 0.717) is 23.2 Å². The van der Waals surface area contributed by atoms with Gasteiger partial charge in [-0.2, -0.15) is 0 Å². The standard InChI is InChI=1S/C18H26ClNO2/c1-2-17(22-16-12-8-9-14(19)13-16)18(21)20-15-10-6-4-3-5-7-11-15/h8-9,12-13,15,17H,2-7,10-11H2,1H3,(H,20,21)/t17-/m1/s1. The SMILES string of the molecule is CC[C@@H](Oc1cccc(Cl)c1)C(=O)NC1CCCCCCC1. The normalized spacial score (nSPS) is 18.1. The molecule has 1 atom stereocenters. The van der Waals surface area contributed by atoms with Crippen molar-refractivity contribution >= 4 is 17.5 Å². The summed E-state index contributed by atoms with van der Waals surface area (Å²) in [5.41, 5.74) is 0. The molecular formula is C18H26ClNO2. The molecule has 0 saturated heterocycles. The fourth-order valence-electron chi connectivity index (χ4n) is 2.92. The van der Waals surface area contributed by atoms with Crippen LogP contribution >= 0.6 is 11.6 Å². The molecule has 0 aliphatic heterocycles. The van der Waals surface area contributed by atoms with E-state index in [0.717, 1.165) is 12.8 Å². The average molecular weight is 324 g/mol. The van der Waals surface area contributed by atoms with Crippen LogP contribution < -0.4 is 10.1 Å². The third-order valence-electron chi connectivity index (χ3n) is 4.19. The van der Waals surface area contributed by atoms with Crippen LogP contribution in [0.15, 0.2) is 24.3 Å². The van der Waals surface area contributed by atoms with Crippen LogP contribution in [0, 0.1) is 0 Å². The fourth-order valence-corrected chi connectivity index (χ4v) is 3.10. The van der Waals surface area contributed by atoms with Gasteiger partial charge in [0.2, 0.25) is 0 Å². The fraction of sp³-hybridized carbons (Fsp3) is 0.611. The lowest BCUT2D eigenvalue weighted by molar-refractivity contribution is -0.129. The number of amides is 1. The van der Waals surface area contributed by atoms with Crippen molar-refractivity contribution in [2.45, 2.75) is 70.4 Å². The summed E-state index contributed by atoms with van der Waals surface area (Å²) in [4.78, 5) is 12.5. The van der Waals surface area contributed by atoms with Crippen molar-refractivity contribution in [3.05, 3.63) is 29.3 Å². The topological polar surface area (TPSA) is 38.3 Å². The molecule has 3 nitrogen and oxygen atoms in total. The van der Waals surface area contributed by atoms with Crippen LogP contribution in [0.5, 0.6) is 5.75 Å². The van der Waals surface area contributed by atoms with E-state index < -0.39 is 6.10 Å². The highest BCUT2D eigenvalue weighted by Gasteiger charge is 2.22. The van der Waals surface area contributed by atoms with E-state index in [2.05, 4.69) is 5.32 Å². The summed E-state index contributed by atoms with van der Waals surface area (Å²) in [7, 11) is 0. The molecule has 1 fully saturated rings. The van der Waals surface area contributed by atoms with Gasteiger partial charge in [0, 0.05) is 11.1 Å². The van der Waals surface area contributed by atoms with Gasteiger partial charge in [-0.25, -0.2) is 0 Å².